The summed E-state index contributed by atoms with van der Waals surface area (Å²) >= 11 is 0. The van der Waals surface area contributed by atoms with E-state index in [2.05, 4.69) is 5.32 Å². The number of amides is 2. The largest absolute Gasteiger partial charge is 0.497 e. The van der Waals surface area contributed by atoms with Crippen molar-refractivity contribution in [1.82, 2.24) is 10.2 Å². The molecule has 2 amide bonds. The van der Waals surface area contributed by atoms with Crippen molar-refractivity contribution in [2.75, 3.05) is 7.11 Å². The van der Waals surface area contributed by atoms with Crippen molar-refractivity contribution in [3.8, 4) is 5.75 Å². The van der Waals surface area contributed by atoms with E-state index in [0.29, 0.717) is 13.0 Å². The molecular weight excluding hydrogens is 304 g/mol. The standard InChI is InChI=1S/C19H26N2O3/c1-6-14-11-16(22)21(17(14)18(23)20-19(2,3)4)12-13-7-9-15(24-5)10-8-13/h7-11,17H,6,12H2,1-5H3,(H,20,23). The van der Waals surface area contributed by atoms with Gasteiger partial charge < -0.3 is 15.0 Å². The number of rotatable bonds is 5. The van der Waals surface area contributed by atoms with E-state index in [1.807, 2.05) is 52.0 Å². The molecule has 0 saturated carbocycles. The van der Waals surface area contributed by atoms with Gasteiger partial charge in [0.1, 0.15) is 11.8 Å². The molecule has 1 N–H and O–H groups in total. The van der Waals surface area contributed by atoms with Gasteiger partial charge in [-0.05, 0) is 50.5 Å². The number of nitrogens with zero attached hydrogens (tertiary/aromatic N) is 1. The van der Waals surface area contributed by atoms with Gasteiger partial charge in [-0.15, -0.1) is 0 Å². The second-order valence-corrected chi connectivity index (χ2v) is 7.03. The molecule has 5 heteroatoms. The highest BCUT2D eigenvalue weighted by Crippen LogP contribution is 2.26. The molecule has 0 fully saturated rings. The minimum Gasteiger partial charge on any atom is -0.497 e. The predicted molar refractivity (Wildman–Crippen MR) is 93.6 cm³/mol. The van der Waals surface area contributed by atoms with E-state index in [-0.39, 0.29) is 17.4 Å². The number of nitrogens with one attached hydrogen (secondary N) is 1. The van der Waals surface area contributed by atoms with Gasteiger partial charge in [0.25, 0.3) is 0 Å². The molecule has 2 rings (SSSR count). The van der Waals surface area contributed by atoms with Crippen LogP contribution >= 0.6 is 0 Å². The average molecular weight is 330 g/mol. The first-order valence-corrected chi connectivity index (χ1v) is 8.21. The van der Waals surface area contributed by atoms with Crippen molar-refractivity contribution in [2.24, 2.45) is 0 Å². The quantitative estimate of drug-likeness (QED) is 0.903. The Morgan fingerprint density at radius 1 is 1.25 bits per heavy atom. The highest BCUT2D eigenvalue weighted by Gasteiger charge is 2.38. The van der Waals surface area contributed by atoms with E-state index >= 15 is 0 Å². The van der Waals surface area contributed by atoms with Crippen LogP contribution in [0.1, 0.15) is 39.7 Å². The maximum Gasteiger partial charge on any atom is 0.247 e. The van der Waals surface area contributed by atoms with E-state index in [1.54, 1.807) is 18.1 Å². The highest BCUT2D eigenvalue weighted by molar-refractivity contribution is 6.00. The van der Waals surface area contributed by atoms with E-state index < -0.39 is 6.04 Å². The fourth-order valence-corrected chi connectivity index (χ4v) is 2.79. The Hall–Kier alpha value is -2.30. The van der Waals surface area contributed by atoms with E-state index in [9.17, 15) is 9.59 Å². The van der Waals surface area contributed by atoms with Crippen LogP contribution in [-0.2, 0) is 16.1 Å². The van der Waals surface area contributed by atoms with Gasteiger partial charge in [-0.1, -0.05) is 19.1 Å². The first-order valence-electron chi connectivity index (χ1n) is 8.21. The lowest BCUT2D eigenvalue weighted by Crippen LogP contribution is -2.51. The van der Waals surface area contributed by atoms with E-state index in [0.717, 1.165) is 16.9 Å². The molecule has 0 spiro atoms. The van der Waals surface area contributed by atoms with Crippen LogP contribution in [0.5, 0.6) is 5.75 Å². The molecule has 24 heavy (non-hydrogen) atoms. The van der Waals surface area contributed by atoms with Gasteiger partial charge in [-0.3, -0.25) is 9.59 Å². The molecule has 1 aliphatic rings. The topological polar surface area (TPSA) is 58.6 Å². The SMILES string of the molecule is CCC1=CC(=O)N(Cc2ccc(OC)cc2)C1C(=O)NC(C)(C)C. The fourth-order valence-electron chi connectivity index (χ4n) is 2.79. The lowest BCUT2D eigenvalue weighted by molar-refractivity contribution is -0.135. The molecule has 1 atom stereocenters. The Bertz CT molecular complexity index is 642. The van der Waals surface area contributed by atoms with E-state index in [1.165, 1.54) is 0 Å². The van der Waals surface area contributed by atoms with Crippen molar-refractivity contribution in [1.29, 1.82) is 0 Å². The third kappa shape index (κ3) is 4.16. The smallest absolute Gasteiger partial charge is 0.247 e. The summed E-state index contributed by atoms with van der Waals surface area (Å²) in [6, 6.07) is 7.00. The first kappa shape index (κ1) is 18.0. The van der Waals surface area contributed by atoms with Gasteiger partial charge in [0, 0.05) is 18.2 Å². The van der Waals surface area contributed by atoms with Crippen LogP contribution in [0.4, 0.5) is 0 Å². The van der Waals surface area contributed by atoms with E-state index in [4.69, 9.17) is 4.74 Å². The number of ether oxygens (including phenoxy) is 1. The molecule has 1 aromatic rings. The monoisotopic (exact) mass is 330 g/mol. The van der Waals surface area contributed by atoms with Crippen molar-refractivity contribution < 1.29 is 14.3 Å². The number of hydrogen-bond acceptors (Lipinski definition) is 3. The molecule has 0 aliphatic carbocycles. The predicted octanol–water partition coefficient (Wildman–Crippen LogP) is 2.66. The summed E-state index contributed by atoms with van der Waals surface area (Å²) in [4.78, 5) is 26.7. The zero-order chi connectivity index (χ0) is 17.9. The maximum atomic E-state index is 12.7. The molecule has 1 unspecified atom stereocenters. The second-order valence-electron chi connectivity index (χ2n) is 7.03. The molecular formula is C19H26N2O3. The van der Waals surface area contributed by atoms with Gasteiger partial charge in [-0.2, -0.15) is 0 Å². The normalized spacial score (nSPS) is 17.7. The van der Waals surface area contributed by atoms with Crippen molar-refractivity contribution >= 4 is 11.8 Å². The second kappa shape index (κ2) is 7.07. The van der Waals surface area contributed by atoms with Gasteiger partial charge in [0.15, 0.2) is 0 Å². The average Bonchev–Trinajstić information content (AvgIpc) is 2.82. The summed E-state index contributed by atoms with van der Waals surface area (Å²) in [6.45, 7) is 8.17. The number of carbonyl (C=O) groups is 2. The summed E-state index contributed by atoms with van der Waals surface area (Å²) in [5.74, 6) is 0.521. The third-order valence-electron chi connectivity index (χ3n) is 3.92. The van der Waals surface area contributed by atoms with Gasteiger partial charge in [0.05, 0.1) is 7.11 Å². The number of carbonyl (C=O) groups excluding carboxylic acids is 2. The summed E-state index contributed by atoms with van der Waals surface area (Å²) < 4.78 is 5.15. The third-order valence-corrected chi connectivity index (χ3v) is 3.92. The van der Waals surface area contributed by atoms with Crippen molar-refractivity contribution in [3.63, 3.8) is 0 Å². The molecule has 0 saturated heterocycles. The number of benzene rings is 1. The minimum atomic E-state index is -0.538. The number of methoxy groups -OCH3 is 1. The van der Waals surface area contributed by atoms with Crippen LogP contribution in [-0.4, -0.2) is 35.4 Å². The Morgan fingerprint density at radius 2 is 1.88 bits per heavy atom. The summed E-state index contributed by atoms with van der Waals surface area (Å²) in [5.41, 5.74) is 1.48. The minimum absolute atomic E-state index is 0.114. The first-order chi connectivity index (χ1) is 11.2. The summed E-state index contributed by atoms with van der Waals surface area (Å²) in [5, 5.41) is 2.99. The van der Waals surface area contributed by atoms with Gasteiger partial charge in [0.2, 0.25) is 11.8 Å². The van der Waals surface area contributed by atoms with Crippen LogP contribution in [0.15, 0.2) is 35.9 Å². The van der Waals surface area contributed by atoms with Crippen LogP contribution in [0, 0.1) is 0 Å². The van der Waals surface area contributed by atoms with Crippen molar-refractivity contribution in [2.45, 2.75) is 52.2 Å². The molecule has 130 valence electrons. The molecule has 1 heterocycles. The Balaban J connectivity index is 2.21. The van der Waals surface area contributed by atoms with Crippen molar-refractivity contribution in [3.05, 3.63) is 41.5 Å². The van der Waals surface area contributed by atoms with Crippen LogP contribution < -0.4 is 10.1 Å². The molecule has 0 bridgehead atoms. The van der Waals surface area contributed by atoms with Crippen LogP contribution in [0.25, 0.3) is 0 Å². The van der Waals surface area contributed by atoms with Gasteiger partial charge in [-0.25, -0.2) is 0 Å². The molecule has 1 aliphatic heterocycles. The molecule has 1 aromatic carbocycles. The Morgan fingerprint density at radius 3 is 2.38 bits per heavy atom. The van der Waals surface area contributed by atoms with Crippen LogP contribution in [0.3, 0.4) is 0 Å². The molecule has 0 radical (unpaired) electrons. The lowest BCUT2D eigenvalue weighted by Gasteiger charge is -2.30. The molecule has 5 nitrogen and oxygen atoms in total. The maximum absolute atomic E-state index is 12.7. The Labute approximate surface area is 143 Å². The fraction of sp³-hybridized carbons (Fsp3) is 0.474. The summed E-state index contributed by atoms with van der Waals surface area (Å²) in [6.07, 6.45) is 2.27. The number of hydrogen-bond donors (Lipinski definition) is 1. The highest BCUT2D eigenvalue weighted by atomic mass is 16.5. The lowest BCUT2D eigenvalue weighted by atomic mass is 10.0. The van der Waals surface area contributed by atoms with Crippen LogP contribution in [0.2, 0.25) is 0 Å². The van der Waals surface area contributed by atoms with Gasteiger partial charge >= 0.3 is 0 Å². The Kier molecular flexibility index (Phi) is 5.32. The zero-order valence-corrected chi connectivity index (χ0v) is 15.1. The molecule has 0 aromatic heterocycles. The summed E-state index contributed by atoms with van der Waals surface area (Å²) in [7, 11) is 1.61. The zero-order valence-electron chi connectivity index (χ0n) is 15.1.